The highest BCUT2D eigenvalue weighted by Gasteiger charge is 2.52. The van der Waals surface area contributed by atoms with Gasteiger partial charge in [-0.1, -0.05) is 38.1 Å². The van der Waals surface area contributed by atoms with E-state index in [1.807, 2.05) is 36.6 Å². The van der Waals surface area contributed by atoms with Crippen molar-refractivity contribution in [3.05, 3.63) is 59.7 Å². The third-order valence-corrected chi connectivity index (χ3v) is 7.19. The number of carbonyl (C=O) groups excluding carboxylic acids is 2. The molecule has 0 bridgehead atoms. The van der Waals surface area contributed by atoms with Crippen LogP contribution in [0.1, 0.15) is 49.9 Å². The summed E-state index contributed by atoms with van der Waals surface area (Å²) in [6.45, 7) is 7.19. The first kappa shape index (κ1) is 28.8. The summed E-state index contributed by atoms with van der Waals surface area (Å²) >= 11 is 1.62. The predicted molar refractivity (Wildman–Crippen MR) is 141 cm³/mol. The molecular formula is C27H36N2O7S. The van der Waals surface area contributed by atoms with Gasteiger partial charge in [0.1, 0.15) is 11.9 Å². The van der Waals surface area contributed by atoms with Crippen molar-refractivity contribution < 1.29 is 34.4 Å². The van der Waals surface area contributed by atoms with E-state index < -0.39 is 41.8 Å². The molecule has 37 heavy (non-hydrogen) atoms. The highest BCUT2D eigenvalue weighted by Crippen LogP contribution is 2.37. The Kier molecular flexibility index (Phi) is 10.2. The van der Waals surface area contributed by atoms with Crippen LogP contribution in [0.25, 0.3) is 10.4 Å². The number of aliphatic hydroxyl groups excluding tert-OH is 3. The number of rotatable bonds is 12. The maximum Gasteiger partial charge on any atom is 0.251 e. The summed E-state index contributed by atoms with van der Waals surface area (Å²) in [5.41, 5.74) is 1.50. The van der Waals surface area contributed by atoms with Gasteiger partial charge in [-0.25, -0.2) is 0 Å². The molecule has 1 saturated heterocycles. The average Bonchev–Trinajstić information content (AvgIpc) is 3.40. The van der Waals surface area contributed by atoms with Crippen LogP contribution in [0.3, 0.4) is 0 Å². The second kappa shape index (κ2) is 13.2. The lowest BCUT2D eigenvalue weighted by Crippen LogP contribution is -2.65. The van der Waals surface area contributed by atoms with Crippen molar-refractivity contribution in [1.82, 2.24) is 10.6 Å². The van der Waals surface area contributed by atoms with Gasteiger partial charge in [0.15, 0.2) is 0 Å². The molecule has 0 spiro atoms. The Balaban J connectivity index is 1.65. The lowest BCUT2D eigenvalue weighted by molar-refractivity contribution is -0.306. The van der Waals surface area contributed by atoms with Gasteiger partial charge in [0.25, 0.3) is 5.91 Å². The van der Waals surface area contributed by atoms with Gasteiger partial charge in [-0.2, -0.15) is 0 Å². The van der Waals surface area contributed by atoms with E-state index in [0.717, 1.165) is 16.9 Å². The van der Waals surface area contributed by atoms with Crippen LogP contribution in [0.2, 0.25) is 0 Å². The summed E-state index contributed by atoms with van der Waals surface area (Å²) in [6, 6.07) is 10.3. The molecule has 2 amide bonds. The van der Waals surface area contributed by atoms with Crippen LogP contribution in [0.4, 0.5) is 0 Å². The van der Waals surface area contributed by atoms with Gasteiger partial charge in [0.2, 0.25) is 11.7 Å². The monoisotopic (exact) mass is 532 g/mol. The van der Waals surface area contributed by atoms with Crippen molar-refractivity contribution in [3.8, 4) is 10.4 Å². The van der Waals surface area contributed by atoms with E-state index in [-0.39, 0.29) is 31.9 Å². The van der Waals surface area contributed by atoms with Crippen LogP contribution >= 0.6 is 11.3 Å². The summed E-state index contributed by atoms with van der Waals surface area (Å²) < 4.78 is 11.8. The van der Waals surface area contributed by atoms with E-state index in [0.29, 0.717) is 12.0 Å². The van der Waals surface area contributed by atoms with Crippen molar-refractivity contribution >= 4 is 23.2 Å². The molecule has 1 fully saturated rings. The number of hydrogen-bond acceptors (Lipinski definition) is 8. The van der Waals surface area contributed by atoms with Gasteiger partial charge < -0.3 is 35.4 Å². The maximum atomic E-state index is 12.6. The molecule has 10 heteroatoms. The molecule has 1 aromatic carbocycles. The van der Waals surface area contributed by atoms with Gasteiger partial charge in [-0.3, -0.25) is 9.59 Å². The minimum atomic E-state index is -1.72. The van der Waals surface area contributed by atoms with E-state index in [1.54, 1.807) is 23.5 Å². The zero-order chi connectivity index (χ0) is 27.0. The highest BCUT2D eigenvalue weighted by atomic mass is 32.1. The minimum absolute atomic E-state index is 0.0649. The molecule has 202 valence electrons. The Morgan fingerprint density at radius 1 is 1.30 bits per heavy atom. The smallest absolute Gasteiger partial charge is 0.251 e. The quantitative estimate of drug-likeness (QED) is 0.209. The Morgan fingerprint density at radius 3 is 2.62 bits per heavy atom. The molecular weight excluding hydrogens is 496 g/mol. The van der Waals surface area contributed by atoms with E-state index in [2.05, 4.69) is 17.2 Å². The number of carbonyl (C=O) groups is 2. The van der Waals surface area contributed by atoms with Gasteiger partial charge in [0, 0.05) is 30.3 Å². The fourth-order valence-electron chi connectivity index (χ4n) is 4.27. The van der Waals surface area contributed by atoms with Crippen molar-refractivity contribution in [2.75, 3.05) is 13.2 Å². The number of thiophene rings is 1. The van der Waals surface area contributed by atoms with E-state index in [4.69, 9.17) is 9.47 Å². The van der Waals surface area contributed by atoms with Crippen LogP contribution in [0.5, 0.6) is 0 Å². The van der Waals surface area contributed by atoms with Crippen molar-refractivity contribution in [1.29, 1.82) is 0 Å². The number of amides is 2. The Bertz CT molecular complexity index is 1040. The molecule has 9 nitrogen and oxygen atoms in total. The van der Waals surface area contributed by atoms with E-state index in [9.17, 15) is 24.9 Å². The molecule has 0 radical (unpaired) electrons. The predicted octanol–water partition coefficient (Wildman–Crippen LogP) is 3.14. The lowest BCUT2D eigenvalue weighted by atomic mass is 9.88. The highest BCUT2D eigenvalue weighted by molar-refractivity contribution is 7.13. The zero-order valence-electron chi connectivity index (χ0n) is 21.2. The molecule has 2 heterocycles. The minimum Gasteiger partial charge on any atom is -0.507 e. The first-order chi connectivity index (χ1) is 17.7. The van der Waals surface area contributed by atoms with Crippen LogP contribution in [-0.4, -0.2) is 70.4 Å². The molecule has 0 saturated carbocycles. The topological polar surface area (TPSA) is 137 Å². The SMILES string of the molecule is C=C(O)[C@@]1(OCCCC)CC(O)[C@@H](NC(C)=O)C(C(O)CCNC(=O)c2ccc(-c3cccs3)cc2)O1. The maximum absolute atomic E-state index is 12.6. The normalized spacial score (nSPS) is 24.3. The van der Waals surface area contributed by atoms with Gasteiger partial charge in [0.05, 0.1) is 24.9 Å². The second-order valence-corrected chi connectivity index (χ2v) is 10.1. The Morgan fingerprint density at radius 2 is 2.03 bits per heavy atom. The fraction of sp³-hybridized carbons (Fsp3) is 0.481. The summed E-state index contributed by atoms with van der Waals surface area (Å²) in [7, 11) is 0. The number of hydrogen-bond donors (Lipinski definition) is 5. The average molecular weight is 533 g/mol. The summed E-state index contributed by atoms with van der Waals surface area (Å²) in [6.07, 6.45) is -2.08. The van der Waals surface area contributed by atoms with Gasteiger partial charge in [-0.05, 0) is 42.0 Å². The van der Waals surface area contributed by atoms with Crippen molar-refractivity contribution in [2.45, 2.75) is 69.7 Å². The van der Waals surface area contributed by atoms with E-state index >= 15 is 0 Å². The van der Waals surface area contributed by atoms with Crippen LogP contribution in [0, 0.1) is 0 Å². The second-order valence-electron chi connectivity index (χ2n) is 9.15. The molecule has 5 N–H and O–H groups in total. The molecule has 1 aromatic heterocycles. The van der Waals surface area contributed by atoms with Crippen LogP contribution in [0.15, 0.2) is 54.1 Å². The molecule has 5 atom stereocenters. The number of nitrogens with one attached hydrogen (secondary N) is 2. The third kappa shape index (κ3) is 7.39. The van der Waals surface area contributed by atoms with Crippen molar-refractivity contribution in [2.24, 2.45) is 0 Å². The molecule has 3 unspecified atom stereocenters. The molecule has 3 rings (SSSR count). The number of benzene rings is 1. The van der Waals surface area contributed by atoms with Crippen molar-refractivity contribution in [3.63, 3.8) is 0 Å². The molecule has 1 aliphatic rings. The van der Waals surface area contributed by atoms with Crippen LogP contribution < -0.4 is 10.6 Å². The molecule has 0 aliphatic carbocycles. The molecule has 1 aliphatic heterocycles. The fourth-order valence-corrected chi connectivity index (χ4v) is 5.00. The van der Waals surface area contributed by atoms with Gasteiger partial charge >= 0.3 is 0 Å². The Hall–Kier alpha value is -2.76. The number of aliphatic hydroxyl groups is 3. The van der Waals surface area contributed by atoms with Crippen LogP contribution in [-0.2, 0) is 14.3 Å². The number of ether oxygens (including phenoxy) is 2. The first-order valence-corrected chi connectivity index (χ1v) is 13.3. The largest absolute Gasteiger partial charge is 0.507 e. The third-order valence-electron chi connectivity index (χ3n) is 6.27. The number of unbranched alkanes of at least 4 members (excludes halogenated alkanes) is 1. The zero-order valence-corrected chi connectivity index (χ0v) is 22.0. The van der Waals surface area contributed by atoms with Gasteiger partial charge in [-0.15, -0.1) is 11.3 Å². The van der Waals surface area contributed by atoms with E-state index in [1.165, 1.54) is 6.92 Å². The lowest BCUT2D eigenvalue weighted by Gasteiger charge is -2.47. The summed E-state index contributed by atoms with van der Waals surface area (Å²) in [4.78, 5) is 25.5. The standard InChI is InChI=1S/C27H36N2O7S/c1-4-5-14-35-27(17(2)30)16-22(33)24(29-18(3)31)25(36-27)21(32)12-13-28-26(34)20-10-8-19(9-11-20)23-7-6-15-37-23/h6-11,15,21-22,24-25,30,32-33H,2,4-5,12-14,16H2,1,3H3,(H,28,34)(H,29,31)/t21?,22?,24-,25?,27-/m1/s1. The summed E-state index contributed by atoms with van der Waals surface area (Å²) in [5.74, 6) is -2.86. The molecule has 2 aromatic rings. The summed E-state index contributed by atoms with van der Waals surface area (Å²) in [5, 5.41) is 39.5. The Labute approximate surface area is 221 Å². The first-order valence-electron chi connectivity index (χ1n) is 12.4.